The highest BCUT2D eigenvalue weighted by atomic mass is 16.6. The number of hydrogen-bond donors (Lipinski definition) is 0. The standard InChI is InChI=1S/C11H13BO3/c1-3-11(13-4-2)12-14-9-7-5-6-8-10(9)15-12/h3,5-8H,4H2,1-2H3/b11-3-. The van der Waals surface area contributed by atoms with E-state index in [4.69, 9.17) is 14.0 Å². The molecule has 0 fully saturated rings. The number of ether oxygens (including phenoxy) is 1. The van der Waals surface area contributed by atoms with Gasteiger partial charge in [0.15, 0.2) is 5.66 Å². The summed E-state index contributed by atoms with van der Waals surface area (Å²) in [7, 11) is -0.438. The molecule has 0 bridgehead atoms. The molecule has 0 unspecified atom stereocenters. The van der Waals surface area contributed by atoms with Gasteiger partial charge in [-0.05, 0) is 26.0 Å². The minimum atomic E-state index is -0.438. The van der Waals surface area contributed by atoms with E-state index in [1.165, 1.54) is 0 Å². The molecule has 1 aromatic carbocycles. The maximum atomic E-state index is 5.60. The number of allylic oxidation sites excluding steroid dienone is 1. The van der Waals surface area contributed by atoms with Gasteiger partial charge in [0.1, 0.15) is 11.5 Å². The van der Waals surface area contributed by atoms with E-state index in [2.05, 4.69) is 0 Å². The Morgan fingerprint density at radius 1 is 1.33 bits per heavy atom. The first-order valence-corrected chi connectivity index (χ1v) is 5.06. The van der Waals surface area contributed by atoms with Crippen LogP contribution in [0.2, 0.25) is 0 Å². The fraction of sp³-hybridized carbons (Fsp3) is 0.273. The molecule has 1 aliphatic rings. The Balaban J connectivity index is 2.12. The lowest BCUT2D eigenvalue weighted by atomic mass is 9.87. The van der Waals surface area contributed by atoms with Crippen LogP contribution in [0.25, 0.3) is 0 Å². The Morgan fingerprint density at radius 2 is 1.93 bits per heavy atom. The summed E-state index contributed by atoms with van der Waals surface area (Å²) >= 11 is 0. The summed E-state index contributed by atoms with van der Waals surface area (Å²) in [6.45, 7) is 4.45. The van der Waals surface area contributed by atoms with Crippen molar-refractivity contribution in [1.82, 2.24) is 0 Å². The summed E-state index contributed by atoms with van der Waals surface area (Å²) in [5.41, 5.74) is 0.716. The van der Waals surface area contributed by atoms with Gasteiger partial charge in [0, 0.05) is 0 Å². The molecular formula is C11H13BO3. The summed E-state index contributed by atoms with van der Waals surface area (Å²) in [4.78, 5) is 0. The second-order valence-corrected chi connectivity index (χ2v) is 3.14. The van der Waals surface area contributed by atoms with Gasteiger partial charge in [-0.1, -0.05) is 18.2 Å². The molecular weight excluding hydrogens is 191 g/mol. The smallest absolute Gasteiger partial charge is 0.517 e. The Morgan fingerprint density at radius 3 is 2.40 bits per heavy atom. The van der Waals surface area contributed by atoms with Crippen LogP contribution in [0.1, 0.15) is 13.8 Å². The van der Waals surface area contributed by atoms with Crippen LogP contribution in [-0.4, -0.2) is 13.7 Å². The zero-order chi connectivity index (χ0) is 10.7. The van der Waals surface area contributed by atoms with E-state index in [0.717, 1.165) is 11.5 Å². The number of fused-ring (bicyclic) bond motifs is 1. The topological polar surface area (TPSA) is 27.7 Å². The largest absolute Gasteiger partial charge is 0.669 e. The van der Waals surface area contributed by atoms with Gasteiger partial charge in [-0.15, -0.1) is 0 Å². The lowest BCUT2D eigenvalue weighted by molar-refractivity contribution is 0.237. The molecule has 2 rings (SSSR count). The van der Waals surface area contributed by atoms with Crippen LogP contribution >= 0.6 is 0 Å². The average Bonchev–Trinajstić information content (AvgIpc) is 2.69. The zero-order valence-corrected chi connectivity index (χ0v) is 8.90. The lowest BCUT2D eigenvalue weighted by Gasteiger charge is -2.09. The second-order valence-electron chi connectivity index (χ2n) is 3.14. The van der Waals surface area contributed by atoms with Crippen molar-refractivity contribution in [2.75, 3.05) is 6.61 Å². The van der Waals surface area contributed by atoms with Crippen LogP contribution in [0.5, 0.6) is 11.5 Å². The van der Waals surface area contributed by atoms with Gasteiger partial charge in [0.05, 0.1) is 6.61 Å². The van der Waals surface area contributed by atoms with Gasteiger partial charge in [0.2, 0.25) is 0 Å². The molecule has 1 aliphatic heterocycles. The van der Waals surface area contributed by atoms with E-state index in [9.17, 15) is 0 Å². The zero-order valence-electron chi connectivity index (χ0n) is 8.90. The molecule has 15 heavy (non-hydrogen) atoms. The van der Waals surface area contributed by atoms with Crippen molar-refractivity contribution < 1.29 is 14.0 Å². The van der Waals surface area contributed by atoms with E-state index in [1.54, 1.807) is 0 Å². The SMILES string of the molecule is C/C=C(\OCC)B1Oc2ccccc2O1. The van der Waals surface area contributed by atoms with Crippen molar-refractivity contribution in [2.24, 2.45) is 0 Å². The van der Waals surface area contributed by atoms with Gasteiger partial charge in [-0.25, -0.2) is 0 Å². The lowest BCUT2D eigenvalue weighted by Crippen LogP contribution is -2.29. The van der Waals surface area contributed by atoms with E-state index in [0.29, 0.717) is 12.3 Å². The fourth-order valence-electron chi connectivity index (χ4n) is 1.47. The summed E-state index contributed by atoms with van der Waals surface area (Å²) in [5, 5.41) is 0. The molecule has 0 spiro atoms. The summed E-state index contributed by atoms with van der Waals surface area (Å²) in [6, 6.07) is 7.60. The van der Waals surface area contributed by atoms with Gasteiger partial charge in [-0.3, -0.25) is 0 Å². The first-order chi connectivity index (χ1) is 7.35. The average molecular weight is 204 g/mol. The number of para-hydroxylation sites is 2. The highest BCUT2D eigenvalue weighted by Crippen LogP contribution is 2.34. The van der Waals surface area contributed by atoms with E-state index in [-0.39, 0.29) is 0 Å². The summed E-state index contributed by atoms with van der Waals surface area (Å²) < 4.78 is 16.6. The Labute approximate surface area is 89.8 Å². The van der Waals surface area contributed by atoms with Crippen LogP contribution in [0.4, 0.5) is 0 Å². The van der Waals surface area contributed by atoms with Crippen LogP contribution in [0.15, 0.2) is 36.0 Å². The van der Waals surface area contributed by atoms with Gasteiger partial charge < -0.3 is 14.0 Å². The molecule has 0 saturated carbocycles. The van der Waals surface area contributed by atoms with Crippen molar-refractivity contribution in [2.45, 2.75) is 13.8 Å². The molecule has 0 amide bonds. The molecule has 1 aromatic rings. The third-order valence-electron chi connectivity index (χ3n) is 2.15. The van der Waals surface area contributed by atoms with Gasteiger partial charge in [-0.2, -0.15) is 0 Å². The normalized spacial score (nSPS) is 14.3. The molecule has 0 aliphatic carbocycles. The minimum absolute atomic E-state index is 0.438. The number of benzene rings is 1. The maximum Gasteiger partial charge on any atom is 0.669 e. The predicted molar refractivity (Wildman–Crippen MR) is 58.8 cm³/mol. The summed E-state index contributed by atoms with van der Waals surface area (Å²) in [5.74, 6) is 1.53. The fourth-order valence-corrected chi connectivity index (χ4v) is 1.47. The van der Waals surface area contributed by atoms with E-state index < -0.39 is 7.12 Å². The van der Waals surface area contributed by atoms with Crippen LogP contribution < -0.4 is 9.31 Å². The van der Waals surface area contributed by atoms with Crippen molar-refractivity contribution in [3.05, 3.63) is 36.0 Å². The molecule has 78 valence electrons. The van der Waals surface area contributed by atoms with Crippen molar-refractivity contribution in [1.29, 1.82) is 0 Å². The maximum absolute atomic E-state index is 5.60. The third kappa shape index (κ3) is 1.93. The first kappa shape index (κ1) is 9.96. The highest BCUT2D eigenvalue weighted by molar-refractivity contribution is 6.55. The van der Waals surface area contributed by atoms with Crippen molar-refractivity contribution >= 4 is 7.12 Å². The first-order valence-electron chi connectivity index (χ1n) is 5.06. The van der Waals surface area contributed by atoms with Crippen LogP contribution in [0, 0.1) is 0 Å². The Kier molecular flexibility index (Phi) is 2.85. The monoisotopic (exact) mass is 204 g/mol. The Bertz CT molecular complexity index is 351. The molecule has 3 nitrogen and oxygen atoms in total. The molecule has 1 heterocycles. The van der Waals surface area contributed by atoms with E-state index in [1.807, 2.05) is 44.2 Å². The molecule has 0 N–H and O–H groups in total. The quantitative estimate of drug-likeness (QED) is 0.558. The highest BCUT2D eigenvalue weighted by Gasteiger charge is 2.37. The van der Waals surface area contributed by atoms with E-state index >= 15 is 0 Å². The molecule has 4 heteroatoms. The molecule has 0 radical (unpaired) electrons. The number of hydrogen-bond acceptors (Lipinski definition) is 3. The van der Waals surface area contributed by atoms with Gasteiger partial charge in [0.25, 0.3) is 0 Å². The van der Waals surface area contributed by atoms with Crippen molar-refractivity contribution in [3.63, 3.8) is 0 Å². The summed E-state index contributed by atoms with van der Waals surface area (Å²) in [6.07, 6.45) is 1.86. The third-order valence-corrected chi connectivity index (χ3v) is 2.15. The van der Waals surface area contributed by atoms with Crippen LogP contribution in [0.3, 0.4) is 0 Å². The van der Waals surface area contributed by atoms with Gasteiger partial charge >= 0.3 is 7.12 Å². The van der Waals surface area contributed by atoms with Crippen molar-refractivity contribution in [3.8, 4) is 11.5 Å². The predicted octanol–water partition coefficient (Wildman–Crippen LogP) is 2.43. The van der Waals surface area contributed by atoms with Crippen LogP contribution in [-0.2, 0) is 4.74 Å². The second kappa shape index (κ2) is 4.30. The Hall–Kier alpha value is -1.58. The molecule has 0 atom stereocenters. The minimum Gasteiger partial charge on any atom is -0.517 e. The molecule has 0 saturated heterocycles. The molecule has 0 aromatic heterocycles. The number of rotatable bonds is 3.